The summed E-state index contributed by atoms with van der Waals surface area (Å²) < 4.78 is 88.3. The molecule has 0 aromatic carbocycles. The van der Waals surface area contributed by atoms with Crippen LogP contribution in [0.5, 0.6) is 0 Å². The summed E-state index contributed by atoms with van der Waals surface area (Å²) in [4.78, 5) is 33.2. The molecule has 4 fully saturated rings. The highest BCUT2D eigenvalue weighted by Gasteiger charge is 2.76. The number of carbonyl (C=O) groups is 3. The summed E-state index contributed by atoms with van der Waals surface area (Å²) in [6.07, 6.45) is 4.68. The second-order valence-electron chi connectivity index (χ2n) is 8.16. The van der Waals surface area contributed by atoms with E-state index in [0.717, 1.165) is 19.3 Å². The molecule has 0 saturated heterocycles. The third kappa shape index (κ3) is 3.54. The van der Waals surface area contributed by atoms with Crippen molar-refractivity contribution in [3.63, 3.8) is 0 Å². The van der Waals surface area contributed by atoms with E-state index in [1.54, 1.807) is 0 Å². The molecule has 4 saturated carbocycles. The van der Waals surface area contributed by atoms with Crippen LogP contribution < -0.4 is 5.11 Å². The Morgan fingerprint density at radius 1 is 0.862 bits per heavy atom. The number of halogens is 6. The normalized spacial score (nSPS) is 31.4. The molecular formula is C17H17F6O6-. The second kappa shape index (κ2) is 6.76. The molecule has 0 heterocycles. The number of hydrogen-bond acceptors (Lipinski definition) is 6. The first-order valence-corrected chi connectivity index (χ1v) is 8.94. The molecule has 0 radical (unpaired) electrons. The van der Waals surface area contributed by atoms with E-state index < -0.39 is 47.9 Å². The van der Waals surface area contributed by atoms with Gasteiger partial charge in [-0.05, 0) is 56.3 Å². The van der Waals surface area contributed by atoms with Crippen molar-refractivity contribution in [3.05, 3.63) is 0 Å². The number of hydrogen-bond donors (Lipinski definition) is 0. The standard InChI is InChI=1S/C17H18F6O6/c18-15(19,12(25)26)17(22,23)16(20,21)13(27)28-7-11(24)29-14-4-8-1-9(5-14)3-10(2-8)6-14/h8-10H,1-7H2,(H,25,26)/p-1. The van der Waals surface area contributed by atoms with Gasteiger partial charge in [-0.25, -0.2) is 9.59 Å². The van der Waals surface area contributed by atoms with E-state index >= 15 is 0 Å². The van der Waals surface area contributed by atoms with Crippen molar-refractivity contribution in [3.8, 4) is 0 Å². The number of carbonyl (C=O) groups excluding carboxylic acids is 3. The van der Waals surface area contributed by atoms with Gasteiger partial charge in [0.1, 0.15) is 11.6 Å². The van der Waals surface area contributed by atoms with Crippen LogP contribution in [0.4, 0.5) is 26.3 Å². The maximum atomic E-state index is 13.5. The van der Waals surface area contributed by atoms with E-state index in [-0.39, 0.29) is 0 Å². The highest BCUT2D eigenvalue weighted by Crippen LogP contribution is 2.57. The van der Waals surface area contributed by atoms with Crippen LogP contribution >= 0.6 is 0 Å². The lowest BCUT2D eigenvalue weighted by Crippen LogP contribution is -2.64. The number of ether oxygens (including phenoxy) is 2. The molecule has 4 rings (SSSR count). The Balaban J connectivity index is 1.60. The van der Waals surface area contributed by atoms with Gasteiger partial charge in [-0.15, -0.1) is 0 Å². The van der Waals surface area contributed by atoms with E-state index in [0.29, 0.717) is 37.0 Å². The average molecular weight is 431 g/mol. The molecule has 4 aliphatic carbocycles. The first-order valence-electron chi connectivity index (χ1n) is 8.94. The Morgan fingerprint density at radius 3 is 1.72 bits per heavy atom. The van der Waals surface area contributed by atoms with Crippen molar-refractivity contribution in [2.45, 2.75) is 61.9 Å². The fraction of sp³-hybridized carbons (Fsp3) is 0.824. The van der Waals surface area contributed by atoms with Crippen LogP contribution in [0.2, 0.25) is 0 Å². The monoisotopic (exact) mass is 431 g/mol. The fourth-order valence-corrected chi connectivity index (χ4v) is 5.10. The van der Waals surface area contributed by atoms with E-state index in [4.69, 9.17) is 4.74 Å². The summed E-state index contributed by atoms with van der Waals surface area (Å²) in [6, 6.07) is 0. The summed E-state index contributed by atoms with van der Waals surface area (Å²) >= 11 is 0. The van der Waals surface area contributed by atoms with E-state index in [2.05, 4.69) is 4.74 Å². The zero-order valence-electron chi connectivity index (χ0n) is 14.9. The van der Waals surface area contributed by atoms with E-state index in [1.807, 2.05) is 0 Å². The van der Waals surface area contributed by atoms with Gasteiger partial charge in [0, 0.05) is 0 Å². The van der Waals surface area contributed by atoms with Crippen LogP contribution in [0.3, 0.4) is 0 Å². The zero-order chi connectivity index (χ0) is 21.8. The fourth-order valence-electron chi connectivity index (χ4n) is 5.10. The predicted octanol–water partition coefficient (Wildman–Crippen LogP) is 1.70. The van der Waals surface area contributed by atoms with Gasteiger partial charge in [0.2, 0.25) is 0 Å². The predicted molar refractivity (Wildman–Crippen MR) is 77.8 cm³/mol. The SMILES string of the molecule is O=C(COC(=O)C(F)(F)C(F)(F)C(F)(F)C(=O)[O-])OC12CC3CC(CC(C3)C1)C2. The van der Waals surface area contributed by atoms with Crippen molar-refractivity contribution in [1.82, 2.24) is 0 Å². The van der Waals surface area contributed by atoms with Crippen molar-refractivity contribution in [2.75, 3.05) is 6.61 Å². The number of esters is 2. The van der Waals surface area contributed by atoms with Gasteiger partial charge < -0.3 is 19.4 Å². The average Bonchev–Trinajstić information content (AvgIpc) is 2.57. The molecule has 6 nitrogen and oxygen atoms in total. The lowest BCUT2D eigenvalue weighted by Gasteiger charge is -2.55. The molecule has 0 aliphatic heterocycles. The van der Waals surface area contributed by atoms with E-state index in [9.17, 15) is 45.8 Å². The second-order valence-corrected chi connectivity index (χ2v) is 8.16. The molecule has 0 unspecified atom stereocenters. The molecule has 29 heavy (non-hydrogen) atoms. The molecule has 0 atom stereocenters. The molecule has 12 heteroatoms. The zero-order valence-corrected chi connectivity index (χ0v) is 14.9. The van der Waals surface area contributed by atoms with Crippen LogP contribution in [0.1, 0.15) is 38.5 Å². The maximum Gasteiger partial charge on any atom is 0.411 e. The topological polar surface area (TPSA) is 92.7 Å². The third-order valence-electron chi connectivity index (χ3n) is 5.93. The molecule has 4 aliphatic rings. The minimum absolute atomic E-state index is 0.353. The van der Waals surface area contributed by atoms with Crippen LogP contribution in [0.15, 0.2) is 0 Å². The number of rotatable bonds is 7. The van der Waals surface area contributed by atoms with Gasteiger partial charge >= 0.3 is 29.7 Å². The van der Waals surface area contributed by atoms with Gasteiger partial charge in [-0.1, -0.05) is 0 Å². The maximum absolute atomic E-state index is 13.5. The van der Waals surface area contributed by atoms with E-state index in [1.165, 1.54) is 0 Å². The smallest absolute Gasteiger partial charge is 0.411 e. The quantitative estimate of drug-likeness (QED) is 0.450. The Kier molecular flexibility index (Phi) is 5.06. The highest BCUT2D eigenvalue weighted by molar-refractivity contribution is 5.84. The molecule has 4 bridgehead atoms. The first kappa shape index (κ1) is 21.7. The van der Waals surface area contributed by atoms with Gasteiger partial charge in [0.15, 0.2) is 6.61 Å². The first-order chi connectivity index (χ1) is 13.2. The Labute approximate surface area is 160 Å². The third-order valence-corrected chi connectivity index (χ3v) is 5.93. The van der Waals surface area contributed by atoms with Crippen LogP contribution in [-0.4, -0.2) is 47.9 Å². The summed E-state index contributed by atoms with van der Waals surface area (Å²) in [5.41, 5.74) is -0.827. The van der Waals surface area contributed by atoms with Gasteiger partial charge in [0.25, 0.3) is 0 Å². The summed E-state index contributed by atoms with van der Waals surface area (Å²) in [5.74, 6) is -26.4. The Morgan fingerprint density at radius 2 is 1.31 bits per heavy atom. The lowest BCUT2D eigenvalue weighted by atomic mass is 9.54. The number of carboxylic acids is 1. The van der Waals surface area contributed by atoms with Crippen molar-refractivity contribution >= 4 is 17.9 Å². The Hall–Kier alpha value is -2.01. The van der Waals surface area contributed by atoms with Gasteiger partial charge in [-0.3, -0.25) is 0 Å². The van der Waals surface area contributed by atoms with Crippen molar-refractivity contribution in [1.29, 1.82) is 0 Å². The molecular weight excluding hydrogens is 414 g/mol. The summed E-state index contributed by atoms with van der Waals surface area (Å²) in [5, 5.41) is 10.1. The summed E-state index contributed by atoms with van der Waals surface area (Å²) in [7, 11) is 0. The van der Waals surface area contributed by atoms with Crippen LogP contribution in [0, 0.1) is 17.8 Å². The molecule has 164 valence electrons. The van der Waals surface area contributed by atoms with Gasteiger partial charge in [-0.2, -0.15) is 26.3 Å². The number of carboxylic acid groups (broad SMARTS) is 1. The Bertz CT molecular complexity index is 686. The van der Waals surface area contributed by atoms with Gasteiger partial charge in [0.05, 0.1) is 0 Å². The number of alkyl halides is 6. The molecule has 0 amide bonds. The molecule has 0 spiro atoms. The van der Waals surface area contributed by atoms with Crippen LogP contribution in [0.25, 0.3) is 0 Å². The minimum Gasteiger partial charge on any atom is -0.544 e. The minimum atomic E-state index is -6.64. The number of aliphatic carboxylic acids is 1. The largest absolute Gasteiger partial charge is 0.544 e. The van der Waals surface area contributed by atoms with Crippen LogP contribution in [-0.2, 0) is 23.9 Å². The molecule has 0 aromatic heterocycles. The summed E-state index contributed by atoms with van der Waals surface area (Å²) in [6.45, 7) is -1.50. The lowest BCUT2D eigenvalue weighted by molar-refractivity contribution is -0.366. The van der Waals surface area contributed by atoms with Crippen molar-refractivity contribution in [2.24, 2.45) is 17.8 Å². The molecule has 0 N–H and O–H groups in total. The van der Waals surface area contributed by atoms with Crippen molar-refractivity contribution < 1.29 is 55.3 Å². The molecule has 0 aromatic rings. The highest BCUT2D eigenvalue weighted by atomic mass is 19.3.